The van der Waals surface area contributed by atoms with Gasteiger partial charge in [-0.2, -0.15) is 0 Å². The van der Waals surface area contributed by atoms with Gasteiger partial charge >= 0.3 is 0 Å². The maximum Gasteiger partial charge on any atom is 0.0249 e. The van der Waals surface area contributed by atoms with Crippen molar-refractivity contribution in [3.63, 3.8) is 0 Å². The maximum absolute atomic E-state index is 3.92. The molecule has 3 rings (SSSR count). The summed E-state index contributed by atoms with van der Waals surface area (Å²) in [4.78, 5) is 0. The van der Waals surface area contributed by atoms with Crippen molar-refractivity contribution in [1.29, 1.82) is 0 Å². The monoisotopic (exact) mass is 286 g/mol. The standard InChI is InChI=1S/C22H22/c1-2-18-10-14-21(15-11-18)22-16-12-20(13-17-22)9-8-19-6-4-3-5-7-19/h2-7,12-13,16-18,21H,1,10-11,14-15H2. The summed E-state index contributed by atoms with van der Waals surface area (Å²) < 4.78 is 0. The summed E-state index contributed by atoms with van der Waals surface area (Å²) in [6.45, 7) is 3.92. The van der Waals surface area contributed by atoms with Crippen LogP contribution in [-0.4, -0.2) is 0 Å². The van der Waals surface area contributed by atoms with Gasteiger partial charge in [0, 0.05) is 11.1 Å². The number of allylic oxidation sites excluding steroid dienone is 1. The van der Waals surface area contributed by atoms with Crippen LogP contribution in [0.2, 0.25) is 0 Å². The molecule has 0 saturated heterocycles. The Morgan fingerprint density at radius 2 is 1.36 bits per heavy atom. The zero-order valence-electron chi connectivity index (χ0n) is 13.0. The molecule has 0 aromatic heterocycles. The van der Waals surface area contributed by atoms with Crippen LogP contribution < -0.4 is 0 Å². The van der Waals surface area contributed by atoms with Crippen molar-refractivity contribution in [3.05, 3.63) is 83.9 Å². The van der Waals surface area contributed by atoms with Gasteiger partial charge in [0.15, 0.2) is 0 Å². The van der Waals surface area contributed by atoms with E-state index in [9.17, 15) is 0 Å². The molecule has 0 spiro atoms. The molecule has 0 radical (unpaired) electrons. The highest BCUT2D eigenvalue weighted by molar-refractivity contribution is 5.43. The van der Waals surface area contributed by atoms with E-state index >= 15 is 0 Å². The molecule has 2 aromatic carbocycles. The minimum atomic E-state index is 0.715. The molecular weight excluding hydrogens is 264 g/mol. The lowest BCUT2D eigenvalue weighted by molar-refractivity contribution is 0.376. The molecular formula is C22H22. The summed E-state index contributed by atoms with van der Waals surface area (Å²) >= 11 is 0. The van der Waals surface area contributed by atoms with Crippen LogP contribution in [0.4, 0.5) is 0 Å². The fourth-order valence-electron chi connectivity index (χ4n) is 3.19. The highest BCUT2D eigenvalue weighted by Gasteiger charge is 2.20. The summed E-state index contributed by atoms with van der Waals surface area (Å²) in [6.07, 6.45) is 7.25. The predicted molar refractivity (Wildman–Crippen MR) is 93.8 cm³/mol. The van der Waals surface area contributed by atoms with Crippen LogP contribution in [0.1, 0.15) is 48.3 Å². The highest BCUT2D eigenvalue weighted by atomic mass is 14.2. The summed E-state index contributed by atoms with van der Waals surface area (Å²) in [6, 6.07) is 19.0. The molecule has 0 heterocycles. The molecule has 1 aliphatic carbocycles. The molecule has 0 heteroatoms. The topological polar surface area (TPSA) is 0 Å². The summed E-state index contributed by atoms with van der Waals surface area (Å²) in [5, 5.41) is 0. The summed E-state index contributed by atoms with van der Waals surface area (Å²) in [7, 11) is 0. The van der Waals surface area contributed by atoms with Gasteiger partial charge in [-0.1, -0.05) is 48.2 Å². The molecule has 22 heavy (non-hydrogen) atoms. The largest absolute Gasteiger partial charge is 0.103 e. The lowest BCUT2D eigenvalue weighted by atomic mass is 9.79. The molecule has 110 valence electrons. The highest BCUT2D eigenvalue weighted by Crippen LogP contribution is 2.36. The van der Waals surface area contributed by atoms with Crippen LogP contribution in [0.5, 0.6) is 0 Å². The third kappa shape index (κ3) is 3.68. The lowest BCUT2D eigenvalue weighted by Crippen LogP contribution is -2.11. The Morgan fingerprint density at radius 1 is 0.773 bits per heavy atom. The number of rotatable bonds is 2. The first-order chi connectivity index (χ1) is 10.8. The van der Waals surface area contributed by atoms with Crippen molar-refractivity contribution in [3.8, 4) is 11.8 Å². The minimum Gasteiger partial charge on any atom is -0.103 e. The summed E-state index contributed by atoms with van der Waals surface area (Å²) in [5.74, 6) is 7.90. The number of hydrogen-bond acceptors (Lipinski definition) is 0. The van der Waals surface area contributed by atoms with Crippen LogP contribution in [0.3, 0.4) is 0 Å². The molecule has 0 nitrogen and oxygen atoms in total. The first-order valence-corrected chi connectivity index (χ1v) is 8.15. The van der Waals surface area contributed by atoms with Crippen molar-refractivity contribution >= 4 is 0 Å². The molecule has 0 N–H and O–H groups in total. The lowest BCUT2D eigenvalue weighted by Gasteiger charge is -2.26. The molecule has 1 fully saturated rings. The Morgan fingerprint density at radius 3 is 1.95 bits per heavy atom. The third-order valence-electron chi connectivity index (χ3n) is 4.61. The van der Waals surface area contributed by atoms with Gasteiger partial charge in [-0.3, -0.25) is 0 Å². The first kappa shape index (κ1) is 14.7. The molecule has 0 aliphatic heterocycles. The molecule has 0 atom stereocenters. The molecule has 0 bridgehead atoms. The average molecular weight is 286 g/mol. The van der Waals surface area contributed by atoms with E-state index < -0.39 is 0 Å². The second-order valence-electron chi connectivity index (χ2n) is 6.09. The van der Waals surface area contributed by atoms with E-state index in [1.165, 1.54) is 31.2 Å². The fraction of sp³-hybridized carbons (Fsp3) is 0.273. The Labute approximate surface area is 133 Å². The molecule has 1 saturated carbocycles. The van der Waals surface area contributed by atoms with Crippen LogP contribution in [0.15, 0.2) is 67.3 Å². The summed E-state index contributed by atoms with van der Waals surface area (Å²) in [5.41, 5.74) is 3.62. The SMILES string of the molecule is C=CC1CCC(c2ccc(C#Cc3ccccc3)cc2)CC1. The van der Waals surface area contributed by atoms with Gasteiger partial charge in [0.25, 0.3) is 0 Å². The smallest absolute Gasteiger partial charge is 0.0249 e. The van der Waals surface area contributed by atoms with Crippen LogP contribution in [0.25, 0.3) is 0 Å². The van der Waals surface area contributed by atoms with Crippen molar-refractivity contribution in [2.75, 3.05) is 0 Å². The van der Waals surface area contributed by atoms with Gasteiger partial charge in [0.2, 0.25) is 0 Å². The zero-order valence-corrected chi connectivity index (χ0v) is 13.0. The Balaban J connectivity index is 1.66. The first-order valence-electron chi connectivity index (χ1n) is 8.15. The van der Waals surface area contributed by atoms with E-state index in [-0.39, 0.29) is 0 Å². The quantitative estimate of drug-likeness (QED) is 0.502. The second-order valence-corrected chi connectivity index (χ2v) is 6.09. The van der Waals surface area contributed by atoms with Crippen LogP contribution in [0, 0.1) is 17.8 Å². The normalized spacial score (nSPS) is 20.7. The van der Waals surface area contributed by atoms with Gasteiger partial charge in [0.05, 0.1) is 0 Å². The van der Waals surface area contributed by atoms with Crippen LogP contribution in [-0.2, 0) is 0 Å². The average Bonchev–Trinajstić information content (AvgIpc) is 2.61. The van der Waals surface area contributed by atoms with Crippen molar-refractivity contribution < 1.29 is 0 Å². The third-order valence-corrected chi connectivity index (χ3v) is 4.61. The number of hydrogen-bond donors (Lipinski definition) is 0. The van der Waals surface area contributed by atoms with Crippen molar-refractivity contribution in [2.24, 2.45) is 5.92 Å². The van der Waals surface area contributed by atoms with Gasteiger partial charge in [-0.25, -0.2) is 0 Å². The minimum absolute atomic E-state index is 0.715. The predicted octanol–water partition coefficient (Wildman–Crippen LogP) is 5.55. The van der Waals surface area contributed by atoms with Gasteiger partial charge < -0.3 is 0 Å². The van der Waals surface area contributed by atoms with Gasteiger partial charge in [-0.15, -0.1) is 6.58 Å². The van der Waals surface area contributed by atoms with E-state index in [0.717, 1.165) is 17.0 Å². The Kier molecular flexibility index (Phi) is 4.76. The van der Waals surface area contributed by atoms with Gasteiger partial charge in [-0.05, 0) is 67.3 Å². The van der Waals surface area contributed by atoms with E-state index in [2.05, 4.69) is 48.8 Å². The van der Waals surface area contributed by atoms with E-state index in [4.69, 9.17) is 0 Å². The van der Waals surface area contributed by atoms with E-state index in [1.807, 2.05) is 30.3 Å². The molecule has 1 aliphatic rings. The van der Waals surface area contributed by atoms with Gasteiger partial charge in [0.1, 0.15) is 0 Å². The fourth-order valence-corrected chi connectivity index (χ4v) is 3.19. The Bertz CT molecular complexity index is 659. The van der Waals surface area contributed by atoms with Crippen molar-refractivity contribution in [1.82, 2.24) is 0 Å². The zero-order chi connectivity index (χ0) is 15.2. The maximum atomic E-state index is 3.92. The molecule has 0 unspecified atom stereocenters. The Hall–Kier alpha value is -2.26. The number of benzene rings is 2. The molecule has 2 aromatic rings. The second kappa shape index (κ2) is 7.14. The van der Waals surface area contributed by atoms with E-state index in [1.54, 1.807) is 0 Å². The molecule has 0 amide bonds. The van der Waals surface area contributed by atoms with Crippen LogP contribution >= 0.6 is 0 Å². The van der Waals surface area contributed by atoms with E-state index in [0.29, 0.717) is 5.92 Å². The van der Waals surface area contributed by atoms with Crippen molar-refractivity contribution in [2.45, 2.75) is 31.6 Å².